The van der Waals surface area contributed by atoms with Gasteiger partial charge >= 0.3 is 0 Å². The third-order valence-corrected chi connectivity index (χ3v) is 2.69. The quantitative estimate of drug-likeness (QED) is 0.644. The van der Waals surface area contributed by atoms with E-state index in [1.807, 2.05) is 0 Å². The molecule has 0 aliphatic rings. The highest BCUT2D eigenvalue weighted by atomic mass is 15.1. The molecule has 0 saturated heterocycles. The fraction of sp³-hybridized carbons (Fsp3) is 0.900. The molecular formula is C10H20N2. The second kappa shape index (κ2) is 5.16. The predicted octanol–water partition coefficient (Wildman–Crippen LogP) is 2.26. The van der Waals surface area contributed by atoms with Crippen LogP contribution >= 0.6 is 0 Å². The Morgan fingerprint density at radius 3 is 2.08 bits per heavy atom. The summed E-state index contributed by atoms with van der Waals surface area (Å²) in [6, 6.07) is 3.12. The minimum absolute atomic E-state index is 0.368. The van der Waals surface area contributed by atoms with Crippen LogP contribution in [-0.4, -0.2) is 24.0 Å². The Balaban J connectivity index is 4.01. The molecule has 0 aromatic rings. The first-order chi connectivity index (χ1) is 5.50. The minimum Gasteiger partial charge on any atom is -0.300 e. The first-order valence-corrected chi connectivity index (χ1v) is 4.59. The van der Waals surface area contributed by atoms with Gasteiger partial charge in [0.2, 0.25) is 0 Å². The third-order valence-electron chi connectivity index (χ3n) is 2.69. The van der Waals surface area contributed by atoms with Gasteiger partial charge in [0, 0.05) is 12.1 Å². The smallest absolute Gasteiger partial charge is 0.0638 e. The monoisotopic (exact) mass is 168 g/mol. The molecule has 0 fully saturated rings. The molecule has 0 spiro atoms. The molecule has 0 bridgehead atoms. The summed E-state index contributed by atoms with van der Waals surface area (Å²) < 4.78 is 0. The summed E-state index contributed by atoms with van der Waals surface area (Å²) in [5, 5.41) is 8.53. The lowest BCUT2D eigenvalue weighted by molar-refractivity contribution is 0.160. The fourth-order valence-corrected chi connectivity index (χ4v) is 1.15. The van der Waals surface area contributed by atoms with E-state index >= 15 is 0 Å². The zero-order chi connectivity index (χ0) is 9.72. The van der Waals surface area contributed by atoms with E-state index in [4.69, 9.17) is 5.26 Å². The van der Waals surface area contributed by atoms with Crippen molar-refractivity contribution in [2.45, 2.75) is 46.2 Å². The second-order valence-corrected chi connectivity index (χ2v) is 3.86. The molecule has 0 aromatic carbocycles. The van der Waals surface area contributed by atoms with Gasteiger partial charge in [0.15, 0.2) is 0 Å². The van der Waals surface area contributed by atoms with Gasteiger partial charge < -0.3 is 0 Å². The van der Waals surface area contributed by atoms with Crippen LogP contribution in [0.4, 0.5) is 0 Å². The van der Waals surface area contributed by atoms with Crippen LogP contribution in [0.2, 0.25) is 0 Å². The van der Waals surface area contributed by atoms with E-state index in [0.717, 1.165) is 0 Å². The molecule has 2 atom stereocenters. The van der Waals surface area contributed by atoms with Crippen LogP contribution in [0.25, 0.3) is 0 Å². The number of nitriles is 1. The molecule has 0 N–H and O–H groups in total. The summed E-state index contributed by atoms with van der Waals surface area (Å²) >= 11 is 0. The first kappa shape index (κ1) is 11.4. The van der Waals surface area contributed by atoms with E-state index in [-0.39, 0.29) is 0 Å². The zero-order valence-corrected chi connectivity index (χ0v) is 8.83. The van der Waals surface area contributed by atoms with Crippen molar-refractivity contribution in [3.8, 4) is 6.07 Å². The van der Waals surface area contributed by atoms with Gasteiger partial charge in [-0.1, -0.05) is 13.8 Å². The van der Waals surface area contributed by atoms with E-state index in [0.29, 0.717) is 24.4 Å². The Morgan fingerprint density at radius 2 is 1.75 bits per heavy atom. The fourth-order valence-electron chi connectivity index (χ4n) is 1.15. The molecule has 2 unspecified atom stereocenters. The Morgan fingerprint density at radius 1 is 1.25 bits per heavy atom. The largest absolute Gasteiger partial charge is 0.300 e. The number of nitrogens with zero attached hydrogens (tertiary/aromatic N) is 2. The maximum atomic E-state index is 8.53. The van der Waals surface area contributed by atoms with Crippen LogP contribution in [0, 0.1) is 17.2 Å². The molecule has 0 amide bonds. The molecule has 70 valence electrons. The van der Waals surface area contributed by atoms with Gasteiger partial charge in [0.05, 0.1) is 12.5 Å². The van der Waals surface area contributed by atoms with Gasteiger partial charge in [0.25, 0.3) is 0 Å². The maximum Gasteiger partial charge on any atom is 0.0638 e. The van der Waals surface area contributed by atoms with Crippen LogP contribution in [0.15, 0.2) is 0 Å². The Hall–Kier alpha value is -0.550. The molecule has 2 heteroatoms. The van der Waals surface area contributed by atoms with Crippen LogP contribution < -0.4 is 0 Å². The first-order valence-electron chi connectivity index (χ1n) is 4.59. The van der Waals surface area contributed by atoms with Crippen molar-refractivity contribution in [2.24, 2.45) is 5.92 Å². The Labute approximate surface area is 76.2 Å². The van der Waals surface area contributed by atoms with Gasteiger partial charge in [-0.2, -0.15) is 5.26 Å². The molecule has 0 aliphatic heterocycles. The SMILES string of the molecule is CC(C)C(C)N(C)C(C)CC#N. The molecule has 2 nitrogen and oxygen atoms in total. The van der Waals surface area contributed by atoms with Gasteiger partial charge in [-0.15, -0.1) is 0 Å². The summed E-state index contributed by atoms with van der Waals surface area (Å²) in [4.78, 5) is 2.27. The molecule has 12 heavy (non-hydrogen) atoms. The zero-order valence-electron chi connectivity index (χ0n) is 8.83. The molecular weight excluding hydrogens is 148 g/mol. The normalized spacial score (nSPS) is 16.2. The molecule has 0 saturated carbocycles. The highest BCUT2D eigenvalue weighted by molar-refractivity contribution is 4.81. The maximum absolute atomic E-state index is 8.53. The van der Waals surface area contributed by atoms with E-state index in [1.165, 1.54) is 0 Å². The highest BCUT2D eigenvalue weighted by Gasteiger charge is 2.17. The molecule has 0 aromatic heterocycles. The molecule has 0 rings (SSSR count). The van der Waals surface area contributed by atoms with Crippen molar-refractivity contribution in [1.82, 2.24) is 4.90 Å². The van der Waals surface area contributed by atoms with Crippen molar-refractivity contribution in [3.63, 3.8) is 0 Å². The summed E-state index contributed by atoms with van der Waals surface area (Å²) in [7, 11) is 2.09. The van der Waals surface area contributed by atoms with Crippen molar-refractivity contribution in [2.75, 3.05) is 7.05 Å². The van der Waals surface area contributed by atoms with E-state index < -0.39 is 0 Å². The van der Waals surface area contributed by atoms with Crippen molar-refractivity contribution >= 4 is 0 Å². The van der Waals surface area contributed by atoms with E-state index in [2.05, 4.69) is 45.7 Å². The lowest BCUT2D eigenvalue weighted by Gasteiger charge is -2.32. The van der Waals surface area contributed by atoms with Gasteiger partial charge in [-0.25, -0.2) is 0 Å². The van der Waals surface area contributed by atoms with Gasteiger partial charge in [-0.3, -0.25) is 4.90 Å². The lowest BCUT2D eigenvalue weighted by Crippen LogP contribution is -2.39. The molecule has 0 radical (unpaired) electrons. The number of hydrogen-bond acceptors (Lipinski definition) is 2. The number of hydrogen-bond donors (Lipinski definition) is 0. The summed E-state index contributed by atoms with van der Waals surface area (Å²) in [5.74, 6) is 0.649. The van der Waals surface area contributed by atoms with Gasteiger partial charge in [0.1, 0.15) is 0 Å². The Bertz CT molecular complexity index is 158. The summed E-state index contributed by atoms with van der Waals surface area (Å²) in [6.45, 7) is 8.72. The summed E-state index contributed by atoms with van der Waals surface area (Å²) in [5.41, 5.74) is 0. The van der Waals surface area contributed by atoms with Gasteiger partial charge in [-0.05, 0) is 26.8 Å². The third kappa shape index (κ3) is 3.23. The number of rotatable bonds is 4. The van der Waals surface area contributed by atoms with Crippen LogP contribution in [0.1, 0.15) is 34.1 Å². The van der Waals surface area contributed by atoms with Crippen LogP contribution in [-0.2, 0) is 0 Å². The standard InChI is InChI=1S/C10H20N2/c1-8(2)10(4)12(5)9(3)6-7-11/h8-10H,6H2,1-5H3. The van der Waals surface area contributed by atoms with E-state index in [1.54, 1.807) is 0 Å². The van der Waals surface area contributed by atoms with Crippen molar-refractivity contribution in [1.29, 1.82) is 5.26 Å². The second-order valence-electron chi connectivity index (χ2n) is 3.86. The lowest BCUT2D eigenvalue weighted by atomic mass is 10.0. The van der Waals surface area contributed by atoms with Crippen molar-refractivity contribution in [3.05, 3.63) is 0 Å². The van der Waals surface area contributed by atoms with Crippen molar-refractivity contribution < 1.29 is 0 Å². The van der Waals surface area contributed by atoms with Crippen LogP contribution in [0.3, 0.4) is 0 Å². The highest BCUT2D eigenvalue weighted by Crippen LogP contribution is 2.12. The van der Waals surface area contributed by atoms with E-state index in [9.17, 15) is 0 Å². The summed E-state index contributed by atoms with van der Waals surface area (Å²) in [6.07, 6.45) is 0.619. The molecule has 0 heterocycles. The average Bonchev–Trinajstić information content (AvgIpc) is 2.02. The average molecular weight is 168 g/mol. The Kier molecular flexibility index (Phi) is 4.92. The topological polar surface area (TPSA) is 27.0 Å². The minimum atomic E-state index is 0.368. The molecule has 0 aliphatic carbocycles. The predicted molar refractivity (Wildman–Crippen MR) is 51.8 cm³/mol. The van der Waals surface area contributed by atoms with Crippen LogP contribution in [0.5, 0.6) is 0 Å².